The predicted octanol–water partition coefficient (Wildman–Crippen LogP) is 2.22. The number of guanidine groups is 1. The summed E-state index contributed by atoms with van der Waals surface area (Å²) in [6.07, 6.45) is 0. The fourth-order valence-corrected chi connectivity index (χ4v) is 1.43. The van der Waals surface area contributed by atoms with Crippen LogP contribution in [0.4, 0.5) is 0 Å². The van der Waals surface area contributed by atoms with Gasteiger partial charge in [-0.05, 0) is 27.7 Å². The van der Waals surface area contributed by atoms with Crippen molar-refractivity contribution in [2.45, 2.75) is 66.0 Å². The molecule has 0 bridgehead atoms. The topological polar surface area (TPSA) is 75.3 Å². The summed E-state index contributed by atoms with van der Waals surface area (Å²) >= 11 is 0. The highest BCUT2D eigenvalue weighted by Gasteiger charge is 2.21. The van der Waals surface area contributed by atoms with Crippen LogP contribution in [0.25, 0.3) is 0 Å². The van der Waals surface area contributed by atoms with Gasteiger partial charge in [0.25, 0.3) is 0 Å². The molecule has 0 radical (unpaired) electrons. The smallest absolute Gasteiger partial charge is 0.232 e. The lowest BCUT2D eigenvalue weighted by Gasteiger charge is -2.23. The Morgan fingerprint density at radius 3 is 2.30 bits per heavy atom. The van der Waals surface area contributed by atoms with E-state index in [1.54, 1.807) is 0 Å². The minimum atomic E-state index is -0.136. The summed E-state index contributed by atoms with van der Waals surface area (Å²) in [5, 5.41) is 10.5. The van der Waals surface area contributed by atoms with Crippen LogP contribution in [-0.4, -0.2) is 28.2 Å². The summed E-state index contributed by atoms with van der Waals surface area (Å²) in [5.74, 6) is 1.99. The highest BCUT2D eigenvalue weighted by atomic mass is 16.5. The summed E-state index contributed by atoms with van der Waals surface area (Å²) in [6, 6.07) is 0. The molecular weight excluding hydrogens is 254 g/mol. The Hall–Kier alpha value is -1.59. The molecule has 6 heteroatoms. The van der Waals surface area contributed by atoms with E-state index < -0.39 is 0 Å². The van der Waals surface area contributed by atoms with Gasteiger partial charge < -0.3 is 15.2 Å². The number of aliphatic imine (C=N–C) groups is 1. The lowest BCUT2D eigenvalue weighted by atomic mass is 9.97. The number of nitrogens with zero attached hydrogens (tertiary/aromatic N) is 3. The quantitative estimate of drug-likeness (QED) is 0.656. The number of nitrogens with one attached hydrogen (secondary N) is 2. The second-order valence-electron chi connectivity index (χ2n) is 6.84. The monoisotopic (exact) mass is 281 g/mol. The average molecular weight is 281 g/mol. The third-order valence-corrected chi connectivity index (χ3v) is 2.33. The maximum Gasteiger partial charge on any atom is 0.232 e. The van der Waals surface area contributed by atoms with Crippen LogP contribution >= 0.6 is 0 Å². The minimum absolute atomic E-state index is 0.0468. The van der Waals surface area contributed by atoms with Gasteiger partial charge in [-0.25, -0.2) is 4.99 Å². The van der Waals surface area contributed by atoms with Gasteiger partial charge in [0, 0.05) is 17.5 Å². The Morgan fingerprint density at radius 2 is 1.85 bits per heavy atom. The van der Waals surface area contributed by atoms with E-state index in [1.807, 2.05) is 27.7 Å². The molecule has 0 saturated carbocycles. The van der Waals surface area contributed by atoms with Gasteiger partial charge in [-0.15, -0.1) is 0 Å². The molecule has 0 spiro atoms. The molecule has 2 N–H and O–H groups in total. The van der Waals surface area contributed by atoms with Crippen LogP contribution in [0.15, 0.2) is 9.52 Å². The normalized spacial score (nSPS) is 13.4. The van der Waals surface area contributed by atoms with Crippen molar-refractivity contribution in [3.05, 3.63) is 11.7 Å². The maximum atomic E-state index is 5.25. The highest BCUT2D eigenvalue weighted by Crippen LogP contribution is 2.19. The maximum absolute atomic E-state index is 5.25. The van der Waals surface area contributed by atoms with Crippen molar-refractivity contribution < 1.29 is 4.52 Å². The fraction of sp³-hybridized carbons (Fsp3) is 0.786. The lowest BCUT2D eigenvalue weighted by Crippen LogP contribution is -2.47. The molecule has 0 unspecified atom stereocenters. The summed E-state index contributed by atoms with van der Waals surface area (Å²) in [6.45, 7) is 15.6. The van der Waals surface area contributed by atoms with Gasteiger partial charge in [0.05, 0.1) is 0 Å². The Balaban J connectivity index is 2.74. The van der Waals surface area contributed by atoms with Crippen LogP contribution in [0.2, 0.25) is 0 Å². The zero-order valence-corrected chi connectivity index (χ0v) is 13.7. The molecule has 0 saturated heterocycles. The van der Waals surface area contributed by atoms with E-state index in [0.717, 1.165) is 12.5 Å². The van der Waals surface area contributed by atoms with E-state index in [0.29, 0.717) is 18.3 Å². The summed E-state index contributed by atoms with van der Waals surface area (Å²) in [5.41, 5.74) is -0.183. The molecule has 0 atom stereocenters. The summed E-state index contributed by atoms with van der Waals surface area (Å²) in [4.78, 5) is 8.84. The van der Waals surface area contributed by atoms with Crippen LogP contribution < -0.4 is 10.6 Å². The molecule has 20 heavy (non-hydrogen) atoms. The Labute approximate surface area is 121 Å². The fourth-order valence-electron chi connectivity index (χ4n) is 1.43. The second-order valence-corrected chi connectivity index (χ2v) is 6.84. The van der Waals surface area contributed by atoms with Gasteiger partial charge in [0.1, 0.15) is 6.54 Å². The van der Waals surface area contributed by atoms with E-state index in [-0.39, 0.29) is 11.0 Å². The predicted molar refractivity (Wildman–Crippen MR) is 80.7 cm³/mol. The standard InChI is InChI=1S/C14H27N5O/c1-8-15-12(18-14(5,6)7)16-9-10-17-11(20-19-10)13(2,3)4/h8-9H2,1-7H3,(H2,15,16,18). The number of rotatable bonds is 3. The van der Waals surface area contributed by atoms with E-state index in [9.17, 15) is 0 Å². The van der Waals surface area contributed by atoms with Crippen molar-refractivity contribution in [2.24, 2.45) is 4.99 Å². The van der Waals surface area contributed by atoms with Crippen molar-refractivity contribution >= 4 is 5.96 Å². The van der Waals surface area contributed by atoms with Crippen molar-refractivity contribution in [1.82, 2.24) is 20.8 Å². The first kappa shape index (κ1) is 16.5. The number of hydrogen-bond acceptors (Lipinski definition) is 4. The van der Waals surface area contributed by atoms with Crippen molar-refractivity contribution in [2.75, 3.05) is 6.54 Å². The Bertz CT molecular complexity index is 451. The van der Waals surface area contributed by atoms with Crippen LogP contribution in [-0.2, 0) is 12.0 Å². The number of aromatic nitrogens is 2. The first-order valence-electron chi connectivity index (χ1n) is 7.01. The molecule has 0 aromatic carbocycles. The van der Waals surface area contributed by atoms with Gasteiger partial charge in [0.15, 0.2) is 11.8 Å². The molecule has 114 valence electrons. The lowest BCUT2D eigenvalue weighted by molar-refractivity contribution is 0.318. The van der Waals surface area contributed by atoms with Crippen LogP contribution in [0.5, 0.6) is 0 Å². The van der Waals surface area contributed by atoms with Crippen molar-refractivity contribution in [3.63, 3.8) is 0 Å². The third kappa shape index (κ3) is 5.59. The number of hydrogen-bond donors (Lipinski definition) is 2. The van der Waals surface area contributed by atoms with Crippen LogP contribution in [0.1, 0.15) is 60.2 Å². The molecule has 1 aromatic rings. The van der Waals surface area contributed by atoms with Crippen LogP contribution in [0.3, 0.4) is 0 Å². The SMILES string of the molecule is CCNC(=NCc1noc(C(C)(C)C)n1)NC(C)(C)C. The molecule has 0 aliphatic heterocycles. The summed E-state index contributed by atoms with van der Waals surface area (Å²) < 4.78 is 5.25. The largest absolute Gasteiger partial charge is 0.357 e. The van der Waals surface area contributed by atoms with Gasteiger partial charge in [0.2, 0.25) is 5.89 Å². The van der Waals surface area contributed by atoms with Crippen molar-refractivity contribution in [1.29, 1.82) is 0 Å². The van der Waals surface area contributed by atoms with E-state index in [1.165, 1.54) is 0 Å². The van der Waals surface area contributed by atoms with Gasteiger partial charge >= 0.3 is 0 Å². The molecule has 1 heterocycles. The molecule has 6 nitrogen and oxygen atoms in total. The molecule has 0 amide bonds. The first-order chi connectivity index (χ1) is 9.12. The van der Waals surface area contributed by atoms with Gasteiger partial charge in [-0.3, -0.25) is 0 Å². The van der Waals surface area contributed by atoms with Crippen LogP contribution in [0, 0.1) is 0 Å². The first-order valence-corrected chi connectivity index (χ1v) is 7.01. The Morgan fingerprint density at radius 1 is 1.20 bits per heavy atom. The molecule has 1 rings (SSSR count). The summed E-state index contributed by atoms with van der Waals surface area (Å²) in [7, 11) is 0. The van der Waals surface area contributed by atoms with Gasteiger partial charge in [-0.2, -0.15) is 4.98 Å². The minimum Gasteiger partial charge on any atom is -0.357 e. The molecule has 1 aromatic heterocycles. The molecule has 0 aliphatic rings. The van der Waals surface area contributed by atoms with E-state index >= 15 is 0 Å². The van der Waals surface area contributed by atoms with Crippen molar-refractivity contribution in [3.8, 4) is 0 Å². The van der Waals surface area contributed by atoms with E-state index in [4.69, 9.17) is 4.52 Å². The van der Waals surface area contributed by atoms with E-state index in [2.05, 4.69) is 46.5 Å². The Kier molecular flexibility index (Phi) is 5.14. The molecular formula is C14H27N5O. The zero-order chi connectivity index (χ0) is 15.4. The highest BCUT2D eigenvalue weighted by molar-refractivity contribution is 5.80. The second kappa shape index (κ2) is 6.24. The average Bonchev–Trinajstić information content (AvgIpc) is 2.72. The third-order valence-electron chi connectivity index (χ3n) is 2.33. The molecule has 0 aliphatic carbocycles. The van der Waals surface area contributed by atoms with Gasteiger partial charge in [-0.1, -0.05) is 25.9 Å². The zero-order valence-electron chi connectivity index (χ0n) is 13.7. The molecule has 0 fully saturated rings.